The van der Waals surface area contributed by atoms with E-state index in [1.165, 1.54) is 13.3 Å². The summed E-state index contributed by atoms with van der Waals surface area (Å²) in [6.07, 6.45) is 0.223. The van der Waals surface area contributed by atoms with Gasteiger partial charge in [0.05, 0.1) is 20.4 Å². The van der Waals surface area contributed by atoms with E-state index in [0.29, 0.717) is 28.6 Å². The van der Waals surface area contributed by atoms with E-state index in [1.807, 2.05) is 12.1 Å². The third-order valence-electron chi connectivity index (χ3n) is 4.00. The van der Waals surface area contributed by atoms with Gasteiger partial charge in [0.25, 0.3) is 0 Å². The molecule has 3 aromatic carbocycles. The van der Waals surface area contributed by atoms with Crippen LogP contribution in [0.4, 0.5) is 0 Å². The second-order valence-corrected chi connectivity index (χ2v) is 6.01. The summed E-state index contributed by atoms with van der Waals surface area (Å²) in [6, 6.07) is 23.2. The Bertz CT molecular complexity index is 936. The minimum Gasteiger partial charge on any atom is -0.493 e. The summed E-state index contributed by atoms with van der Waals surface area (Å²) in [5.41, 5.74) is 3.09. The summed E-state index contributed by atoms with van der Waals surface area (Å²) < 4.78 is 22.0. The molecule has 0 aliphatic carbocycles. The van der Waals surface area contributed by atoms with E-state index in [9.17, 15) is 4.79 Å². The number of benzene rings is 3. The van der Waals surface area contributed by atoms with E-state index in [4.69, 9.17) is 18.9 Å². The zero-order valence-electron chi connectivity index (χ0n) is 16.6. The SMILES string of the molecule is COc1cccc(/C=N/NC(=O)C(Oc2ccccc2)Oc2ccccc2)c1OC. The molecular weight excluding hydrogens is 384 g/mol. The average Bonchev–Trinajstić information content (AvgIpc) is 2.79. The van der Waals surface area contributed by atoms with Crippen molar-refractivity contribution < 1.29 is 23.7 Å². The number of nitrogens with zero attached hydrogens (tertiary/aromatic N) is 1. The Morgan fingerprint density at radius 2 is 1.43 bits per heavy atom. The van der Waals surface area contributed by atoms with Crippen LogP contribution in [0.15, 0.2) is 84.0 Å². The molecule has 3 rings (SSSR count). The van der Waals surface area contributed by atoms with Crippen LogP contribution in [0.5, 0.6) is 23.0 Å². The van der Waals surface area contributed by atoms with Crippen LogP contribution in [0.1, 0.15) is 5.56 Å². The van der Waals surface area contributed by atoms with Crippen LogP contribution in [0.3, 0.4) is 0 Å². The van der Waals surface area contributed by atoms with Crippen LogP contribution >= 0.6 is 0 Å². The van der Waals surface area contributed by atoms with Crippen LogP contribution < -0.4 is 24.4 Å². The quantitative estimate of drug-likeness (QED) is 0.333. The normalized spacial score (nSPS) is 10.6. The zero-order chi connectivity index (χ0) is 21.2. The molecule has 0 spiro atoms. The molecule has 0 saturated heterocycles. The van der Waals surface area contributed by atoms with E-state index in [-0.39, 0.29) is 0 Å². The predicted molar refractivity (Wildman–Crippen MR) is 113 cm³/mol. The van der Waals surface area contributed by atoms with Crippen molar-refractivity contribution in [3.8, 4) is 23.0 Å². The number of carbonyl (C=O) groups is 1. The van der Waals surface area contributed by atoms with Crippen molar-refractivity contribution in [1.82, 2.24) is 5.43 Å². The van der Waals surface area contributed by atoms with E-state index < -0.39 is 12.2 Å². The van der Waals surface area contributed by atoms with Gasteiger partial charge >= 0.3 is 12.2 Å². The molecule has 7 heteroatoms. The maximum absolute atomic E-state index is 12.7. The van der Waals surface area contributed by atoms with Gasteiger partial charge in [-0.1, -0.05) is 42.5 Å². The molecule has 1 N–H and O–H groups in total. The highest BCUT2D eigenvalue weighted by molar-refractivity contribution is 5.87. The standard InChI is InChI=1S/C23H22N2O5/c1-27-20-15-9-10-17(21(20)28-2)16-24-25-22(26)23(29-18-11-5-3-6-12-18)30-19-13-7-4-8-14-19/h3-16,23H,1-2H3,(H,25,26)/b24-16+. The Morgan fingerprint density at radius 3 is 1.97 bits per heavy atom. The lowest BCUT2D eigenvalue weighted by molar-refractivity contribution is -0.140. The lowest BCUT2D eigenvalue weighted by Gasteiger charge is -2.18. The van der Waals surface area contributed by atoms with Gasteiger partial charge in [-0.25, -0.2) is 5.43 Å². The fourth-order valence-corrected chi connectivity index (χ4v) is 2.61. The van der Waals surface area contributed by atoms with Gasteiger partial charge in [0, 0.05) is 5.56 Å². The van der Waals surface area contributed by atoms with E-state index in [2.05, 4.69) is 10.5 Å². The molecule has 30 heavy (non-hydrogen) atoms. The summed E-state index contributed by atoms with van der Waals surface area (Å²) in [5, 5.41) is 4.01. The van der Waals surface area contributed by atoms with Crippen LogP contribution in [-0.4, -0.2) is 32.6 Å². The monoisotopic (exact) mass is 406 g/mol. The Morgan fingerprint density at radius 1 is 0.833 bits per heavy atom. The predicted octanol–water partition coefficient (Wildman–Crippen LogP) is 3.64. The molecular formula is C23H22N2O5. The molecule has 0 fully saturated rings. The van der Waals surface area contributed by atoms with Crippen molar-refractivity contribution in [1.29, 1.82) is 0 Å². The Hall–Kier alpha value is -4.00. The largest absolute Gasteiger partial charge is 0.493 e. The van der Waals surface area contributed by atoms with Gasteiger partial charge in [0.15, 0.2) is 11.5 Å². The van der Waals surface area contributed by atoms with Crippen molar-refractivity contribution in [3.05, 3.63) is 84.4 Å². The number of methoxy groups -OCH3 is 2. The molecule has 0 bridgehead atoms. The van der Waals surface area contributed by atoms with Crippen LogP contribution in [0.2, 0.25) is 0 Å². The summed E-state index contributed by atoms with van der Waals surface area (Å²) in [7, 11) is 3.08. The maximum Gasteiger partial charge on any atom is 0.323 e. The molecule has 3 aromatic rings. The van der Waals surface area contributed by atoms with Gasteiger partial charge in [-0.05, 0) is 36.4 Å². The van der Waals surface area contributed by atoms with Gasteiger partial charge in [0.2, 0.25) is 0 Å². The first-order chi connectivity index (χ1) is 14.7. The summed E-state index contributed by atoms with van der Waals surface area (Å²) >= 11 is 0. The summed E-state index contributed by atoms with van der Waals surface area (Å²) in [5.74, 6) is 1.49. The van der Waals surface area contributed by atoms with Gasteiger partial charge in [-0.3, -0.25) is 4.79 Å². The van der Waals surface area contributed by atoms with E-state index in [1.54, 1.807) is 73.8 Å². The molecule has 0 radical (unpaired) electrons. The number of rotatable bonds is 9. The molecule has 0 aliphatic heterocycles. The number of nitrogens with one attached hydrogen (secondary N) is 1. The van der Waals surface area contributed by atoms with E-state index in [0.717, 1.165) is 0 Å². The number of ether oxygens (including phenoxy) is 4. The molecule has 0 atom stereocenters. The van der Waals surface area contributed by atoms with Crippen molar-refractivity contribution >= 4 is 12.1 Å². The average molecular weight is 406 g/mol. The van der Waals surface area contributed by atoms with Gasteiger partial charge < -0.3 is 18.9 Å². The smallest absolute Gasteiger partial charge is 0.323 e. The Labute approximate surface area is 174 Å². The number of amides is 1. The second kappa shape index (κ2) is 10.5. The first-order valence-electron chi connectivity index (χ1n) is 9.18. The molecule has 1 amide bonds. The van der Waals surface area contributed by atoms with Crippen molar-refractivity contribution in [2.45, 2.75) is 6.29 Å². The van der Waals surface area contributed by atoms with Crippen molar-refractivity contribution in [2.75, 3.05) is 14.2 Å². The highest BCUT2D eigenvalue weighted by atomic mass is 16.7. The van der Waals surface area contributed by atoms with Crippen LogP contribution in [0.25, 0.3) is 0 Å². The number of hydrogen-bond donors (Lipinski definition) is 1. The van der Waals surface area contributed by atoms with Crippen molar-refractivity contribution in [2.24, 2.45) is 5.10 Å². The Kier molecular flexibility index (Phi) is 7.27. The number of carbonyl (C=O) groups excluding carboxylic acids is 1. The number of para-hydroxylation sites is 3. The minimum absolute atomic E-state index is 0.493. The lowest BCUT2D eigenvalue weighted by Crippen LogP contribution is -2.40. The molecule has 0 unspecified atom stereocenters. The molecule has 0 saturated carbocycles. The van der Waals surface area contributed by atoms with Gasteiger partial charge in [-0.15, -0.1) is 0 Å². The topological polar surface area (TPSA) is 78.4 Å². The highest BCUT2D eigenvalue weighted by Crippen LogP contribution is 2.29. The van der Waals surface area contributed by atoms with Crippen LogP contribution in [-0.2, 0) is 4.79 Å². The molecule has 0 aliphatic rings. The molecule has 0 aromatic heterocycles. The van der Waals surface area contributed by atoms with E-state index >= 15 is 0 Å². The lowest BCUT2D eigenvalue weighted by atomic mass is 10.2. The molecule has 0 heterocycles. The number of hydrazone groups is 1. The molecule has 154 valence electrons. The third kappa shape index (κ3) is 5.51. The Balaban J connectivity index is 1.73. The first-order valence-corrected chi connectivity index (χ1v) is 9.18. The minimum atomic E-state index is -1.24. The fraction of sp³-hybridized carbons (Fsp3) is 0.130. The van der Waals surface area contributed by atoms with Crippen molar-refractivity contribution in [3.63, 3.8) is 0 Å². The van der Waals surface area contributed by atoms with Gasteiger partial charge in [0.1, 0.15) is 11.5 Å². The second-order valence-electron chi connectivity index (χ2n) is 6.01. The number of hydrogen-bond acceptors (Lipinski definition) is 6. The maximum atomic E-state index is 12.7. The molecule has 7 nitrogen and oxygen atoms in total. The van der Waals surface area contributed by atoms with Gasteiger partial charge in [-0.2, -0.15) is 5.10 Å². The van der Waals surface area contributed by atoms with Crippen LogP contribution in [0, 0.1) is 0 Å². The zero-order valence-corrected chi connectivity index (χ0v) is 16.6. The highest BCUT2D eigenvalue weighted by Gasteiger charge is 2.22. The first kappa shape index (κ1) is 20.7. The fourth-order valence-electron chi connectivity index (χ4n) is 2.61. The summed E-state index contributed by atoms with van der Waals surface area (Å²) in [6.45, 7) is 0. The third-order valence-corrected chi connectivity index (χ3v) is 4.00. The summed E-state index contributed by atoms with van der Waals surface area (Å²) in [4.78, 5) is 12.7.